The quantitative estimate of drug-likeness (QED) is 0.250. The lowest BCUT2D eigenvalue weighted by Gasteiger charge is -2.18. The van der Waals surface area contributed by atoms with Gasteiger partial charge in [0.05, 0.1) is 12.8 Å². The zero-order valence-electron chi connectivity index (χ0n) is 19.8. The van der Waals surface area contributed by atoms with E-state index in [-0.39, 0.29) is 17.9 Å². The molecule has 0 unspecified atom stereocenters. The largest absolute Gasteiger partial charge is 0.271 e. The second-order valence-corrected chi connectivity index (χ2v) is 9.63. The first-order valence-electron chi connectivity index (χ1n) is 11.2. The maximum absolute atomic E-state index is 14.3. The first kappa shape index (κ1) is 24.4. The number of rotatable bonds is 6. The third kappa shape index (κ3) is 5.84. The molecule has 7 heteroatoms. The molecule has 3 aromatic carbocycles. The predicted octanol–water partition coefficient (Wildman–Crippen LogP) is 6.45. The number of aromatic nitrogens is 2. The van der Waals surface area contributed by atoms with E-state index < -0.39 is 5.82 Å². The number of benzene rings is 3. The van der Waals surface area contributed by atoms with Crippen molar-refractivity contribution < 1.29 is 9.18 Å². The van der Waals surface area contributed by atoms with Gasteiger partial charge in [-0.2, -0.15) is 10.2 Å². The van der Waals surface area contributed by atoms with Gasteiger partial charge < -0.3 is 0 Å². The highest BCUT2D eigenvalue weighted by Gasteiger charge is 2.15. The smallest absolute Gasteiger partial charge is 0.267 e. The summed E-state index contributed by atoms with van der Waals surface area (Å²) in [6, 6.07) is 21.6. The molecule has 0 saturated heterocycles. The maximum Gasteiger partial charge on any atom is 0.271 e. The van der Waals surface area contributed by atoms with Crippen LogP contribution in [0.3, 0.4) is 0 Å². The van der Waals surface area contributed by atoms with Gasteiger partial charge in [0.1, 0.15) is 11.5 Å². The lowest BCUT2D eigenvalue weighted by atomic mass is 9.87. The van der Waals surface area contributed by atoms with Gasteiger partial charge >= 0.3 is 0 Å². The third-order valence-electron chi connectivity index (χ3n) is 5.60. The van der Waals surface area contributed by atoms with Crippen LogP contribution in [0, 0.1) is 5.82 Å². The minimum absolute atomic E-state index is 0.00798. The molecule has 0 fully saturated rings. The Morgan fingerprint density at radius 3 is 2.43 bits per heavy atom. The van der Waals surface area contributed by atoms with Crippen LogP contribution in [-0.2, 0) is 12.0 Å². The monoisotopic (exact) mass is 488 g/mol. The van der Waals surface area contributed by atoms with Crippen LogP contribution in [0.5, 0.6) is 0 Å². The number of carbonyl (C=O) groups is 1. The molecule has 0 radical (unpaired) electrons. The summed E-state index contributed by atoms with van der Waals surface area (Å²) in [5, 5.41) is 9.12. The number of amides is 1. The Balaban J connectivity index is 1.56. The van der Waals surface area contributed by atoms with Gasteiger partial charge in [-0.1, -0.05) is 80.9 Å². The summed E-state index contributed by atoms with van der Waals surface area (Å²) in [4.78, 5) is 12.6. The van der Waals surface area contributed by atoms with Gasteiger partial charge in [-0.3, -0.25) is 9.48 Å². The molecular weight excluding hydrogens is 463 g/mol. The van der Waals surface area contributed by atoms with Gasteiger partial charge in [-0.15, -0.1) is 0 Å². The number of nitrogens with zero attached hydrogens (tertiary/aromatic N) is 3. The number of nitrogens with one attached hydrogen (secondary N) is 1. The summed E-state index contributed by atoms with van der Waals surface area (Å²) >= 11 is 6.20. The van der Waals surface area contributed by atoms with Crippen LogP contribution in [0.4, 0.5) is 4.39 Å². The molecule has 1 aromatic heterocycles. The average molecular weight is 489 g/mol. The van der Waals surface area contributed by atoms with Crippen molar-refractivity contribution in [2.45, 2.75) is 32.7 Å². The molecule has 0 aliphatic carbocycles. The predicted molar refractivity (Wildman–Crippen MR) is 138 cm³/mol. The van der Waals surface area contributed by atoms with E-state index in [1.807, 2.05) is 42.5 Å². The highest BCUT2D eigenvalue weighted by Crippen LogP contribution is 2.24. The fourth-order valence-corrected chi connectivity index (χ4v) is 3.85. The van der Waals surface area contributed by atoms with E-state index in [2.05, 4.69) is 36.4 Å². The molecule has 0 saturated carbocycles. The van der Waals surface area contributed by atoms with E-state index in [1.165, 1.54) is 12.3 Å². The fourth-order valence-electron chi connectivity index (χ4n) is 3.62. The van der Waals surface area contributed by atoms with Gasteiger partial charge in [-0.25, -0.2) is 9.82 Å². The van der Waals surface area contributed by atoms with Gasteiger partial charge in [0.15, 0.2) is 0 Å². The second kappa shape index (κ2) is 10.2. The molecule has 1 N–H and O–H groups in total. The summed E-state index contributed by atoms with van der Waals surface area (Å²) in [5.74, 6) is -0.706. The molecule has 1 amide bonds. The maximum atomic E-state index is 14.3. The lowest BCUT2D eigenvalue weighted by molar-refractivity contribution is 0.0955. The van der Waals surface area contributed by atoms with Gasteiger partial charge in [0, 0.05) is 33.5 Å². The van der Waals surface area contributed by atoms with Crippen molar-refractivity contribution in [3.8, 4) is 11.3 Å². The van der Waals surface area contributed by atoms with Crippen molar-refractivity contribution >= 4 is 23.7 Å². The fraction of sp³-hybridized carbons (Fsp3) is 0.179. The molecule has 0 bridgehead atoms. The molecule has 0 aliphatic rings. The Bertz CT molecular complexity index is 1340. The Labute approximate surface area is 209 Å². The first-order valence-corrected chi connectivity index (χ1v) is 11.6. The summed E-state index contributed by atoms with van der Waals surface area (Å²) in [6.07, 6.45) is 3.29. The van der Waals surface area contributed by atoms with Crippen LogP contribution in [0.15, 0.2) is 84.1 Å². The molecule has 4 aromatic rings. The topological polar surface area (TPSA) is 59.3 Å². The first-order chi connectivity index (χ1) is 16.7. The van der Waals surface area contributed by atoms with Gasteiger partial charge in [0.25, 0.3) is 5.91 Å². The van der Waals surface area contributed by atoms with E-state index in [0.29, 0.717) is 27.4 Å². The Morgan fingerprint density at radius 1 is 1.06 bits per heavy atom. The van der Waals surface area contributed by atoms with Crippen molar-refractivity contribution in [3.63, 3.8) is 0 Å². The van der Waals surface area contributed by atoms with E-state index in [4.69, 9.17) is 11.6 Å². The van der Waals surface area contributed by atoms with Crippen LogP contribution in [-0.4, -0.2) is 21.9 Å². The number of hydrazone groups is 1. The molecule has 35 heavy (non-hydrogen) atoms. The molecule has 178 valence electrons. The number of carbonyl (C=O) groups excluding carboxylic acids is 1. The van der Waals surface area contributed by atoms with E-state index in [1.54, 1.807) is 35.1 Å². The van der Waals surface area contributed by atoms with Crippen molar-refractivity contribution in [3.05, 3.63) is 112 Å². The lowest BCUT2D eigenvalue weighted by Crippen LogP contribution is -2.18. The molecule has 0 atom stereocenters. The van der Waals surface area contributed by atoms with Crippen molar-refractivity contribution in [2.75, 3.05) is 0 Å². The van der Waals surface area contributed by atoms with Crippen LogP contribution in [0.25, 0.3) is 11.3 Å². The Morgan fingerprint density at radius 2 is 1.77 bits per heavy atom. The van der Waals surface area contributed by atoms with Crippen molar-refractivity contribution in [2.24, 2.45) is 5.10 Å². The zero-order valence-corrected chi connectivity index (χ0v) is 20.6. The number of halogens is 2. The Hall–Kier alpha value is -3.77. The van der Waals surface area contributed by atoms with Crippen LogP contribution in [0.2, 0.25) is 5.02 Å². The van der Waals surface area contributed by atoms with Crippen LogP contribution >= 0.6 is 11.6 Å². The third-order valence-corrected chi connectivity index (χ3v) is 5.96. The molecule has 4 rings (SSSR count). The van der Waals surface area contributed by atoms with Crippen LogP contribution < -0.4 is 5.43 Å². The van der Waals surface area contributed by atoms with E-state index in [9.17, 15) is 9.18 Å². The number of hydrogen-bond acceptors (Lipinski definition) is 3. The van der Waals surface area contributed by atoms with Crippen molar-refractivity contribution in [1.29, 1.82) is 0 Å². The molecule has 0 spiro atoms. The second-order valence-electron chi connectivity index (χ2n) is 9.22. The SMILES string of the molecule is CC(C)(C)c1ccc(C(=O)NN=Cc2cn(Cc3c(F)cccc3Cl)nc2-c2ccccc2)cc1. The highest BCUT2D eigenvalue weighted by atomic mass is 35.5. The Kier molecular flexibility index (Phi) is 7.12. The van der Waals surface area contributed by atoms with Crippen LogP contribution in [0.1, 0.15) is 47.8 Å². The summed E-state index contributed by atoms with van der Waals surface area (Å²) in [6.45, 7) is 6.52. The minimum Gasteiger partial charge on any atom is -0.267 e. The standard InChI is InChI=1S/C28H26ClFN4O/c1-28(2,3)22-14-12-20(13-15-22)27(35)32-31-16-21-17-34(18-23-24(29)10-7-11-25(23)30)33-26(21)19-8-5-4-6-9-19/h4-17H,18H2,1-3H3,(H,32,35). The molecule has 5 nitrogen and oxygen atoms in total. The average Bonchev–Trinajstić information content (AvgIpc) is 3.24. The minimum atomic E-state index is -0.394. The van der Waals surface area contributed by atoms with Gasteiger partial charge in [0.2, 0.25) is 0 Å². The zero-order chi connectivity index (χ0) is 25.0. The van der Waals surface area contributed by atoms with E-state index in [0.717, 1.165) is 11.1 Å². The molecular formula is C28H26ClFN4O. The van der Waals surface area contributed by atoms with Crippen molar-refractivity contribution in [1.82, 2.24) is 15.2 Å². The number of hydrogen-bond donors (Lipinski definition) is 1. The van der Waals surface area contributed by atoms with Gasteiger partial charge in [-0.05, 0) is 35.2 Å². The van der Waals surface area contributed by atoms with E-state index >= 15 is 0 Å². The summed E-state index contributed by atoms with van der Waals surface area (Å²) in [7, 11) is 0. The molecule has 0 aliphatic heterocycles. The highest BCUT2D eigenvalue weighted by molar-refractivity contribution is 6.31. The molecule has 1 heterocycles. The summed E-state index contributed by atoms with van der Waals surface area (Å²) in [5.41, 5.74) is 6.80. The normalized spacial score (nSPS) is 11.7. The summed E-state index contributed by atoms with van der Waals surface area (Å²) < 4.78 is 15.9.